The number of carbonyl (C=O) groups excluding carboxylic acids is 2. The lowest BCUT2D eigenvalue weighted by Gasteiger charge is -2.58. The van der Waals surface area contributed by atoms with E-state index in [4.69, 9.17) is 18.9 Å². The molecule has 2 heterocycles. The number of aliphatic hydroxyl groups is 1. The van der Waals surface area contributed by atoms with Crippen LogP contribution in [0, 0.1) is 16.7 Å². The first kappa shape index (κ1) is 20.8. The van der Waals surface area contributed by atoms with Gasteiger partial charge in [-0.15, -0.1) is 0 Å². The third kappa shape index (κ3) is 2.88. The van der Waals surface area contributed by atoms with Crippen LogP contribution < -0.4 is 0 Å². The molecule has 2 saturated heterocycles. The average Bonchev–Trinajstić information content (AvgIpc) is 3.39. The van der Waals surface area contributed by atoms with E-state index in [0.717, 1.165) is 5.57 Å². The maximum absolute atomic E-state index is 12.4. The van der Waals surface area contributed by atoms with Crippen molar-refractivity contribution in [3.8, 4) is 0 Å². The lowest BCUT2D eigenvalue weighted by Crippen LogP contribution is -2.67. The fraction of sp³-hybridized carbons (Fsp3) is 0.818. The highest BCUT2D eigenvalue weighted by molar-refractivity contribution is 5.70. The van der Waals surface area contributed by atoms with Crippen molar-refractivity contribution >= 4 is 11.9 Å². The minimum atomic E-state index is -0.746. The molecule has 2 bridgehead atoms. The SMILES string of the molecule is CC(=O)OC[C@]12C[C@H](OC(=O)CC(C)C)C(C)=C[C@H]1O[C@@H]1C[C@@H](O)[C@@]2(C)[C@]12CO2. The van der Waals surface area contributed by atoms with E-state index in [1.54, 1.807) is 0 Å². The fourth-order valence-corrected chi connectivity index (χ4v) is 5.89. The molecular weight excluding hydrogens is 376 g/mol. The summed E-state index contributed by atoms with van der Waals surface area (Å²) in [6.45, 7) is 9.88. The molecule has 4 rings (SSSR count). The van der Waals surface area contributed by atoms with Crippen molar-refractivity contribution in [2.45, 2.75) is 83.9 Å². The first-order valence-electron chi connectivity index (χ1n) is 10.5. The second kappa shape index (κ2) is 6.79. The molecule has 2 aliphatic heterocycles. The second-order valence-electron chi connectivity index (χ2n) is 9.81. The molecule has 1 saturated carbocycles. The lowest BCUT2D eigenvalue weighted by molar-refractivity contribution is -0.238. The van der Waals surface area contributed by atoms with E-state index in [1.807, 2.05) is 33.8 Å². The van der Waals surface area contributed by atoms with E-state index in [9.17, 15) is 14.7 Å². The van der Waals surface area contributed by atoms with Crippen LogP contribution in [0.5, 0.6) is 0 Å². The number of ether oxygens (including phenoxy) is 4. The van der Waals surface area contributed by atoms with Gasteiger partial charge < -0.3 is 24.1 Å². The van der Waals surface area contributed by atoms with Gasteiger partial charge in [0.25, 0.3) is 0 Å². The number of hydrogen-bond acceptors (Lipinski definition) is 7. The van der Waals surface area contributed by atoms with Crippen molar-refractivity contribution in [3.05, 3.63) is 11.6 Å². The number of epoxide rings is 1. The molecular formula is C22H32O7. The molecule has 0 amide bonds. The van der Waals surface area contributed by atoms with Crippen LogP contribution in [-0.4, -0.2) is 60.3 Å². The number of fused-ring (bicyclic) bond motifs is 2. The molecule has 7 atom stereocenters. The van der Waals surface area contributed by atoms with Gasteiger partial charge in [-0.1, -0.05) is 26.8 Å². The minimum Gasteiger partial charge on any atom is -0.465 e. The number of hydrogen-bond donors (Lipinski definition) is 1. The van der Waals surface area contributed by atoms with Crippen molar-refractivity contribution in [2.75, 3.05) is 13.2 Å². The number of esters is 2. The van der Waals surface area contributed by atoms with Crippen LogP contribution in [0.25, 0.3) is 0 Å². The van der Waals surface area contributed by atoms with Crippen molar-refractivity contribution in [1.29, 1.82) is 0 Å². The van der Waals surface area contributed by atoms with Crippen LogP contribution in [-0.2, 0) is 28.5 Å². The van der Waals surface area contributed by atoms with Gasteiger partial charge in [0.15, 0.2) is 0 Å². The highest BCUT2D eigenvalue weighted by Gasteiger charge is 2.82. The summed E-state index contributed by atoms with van der Waals surface area (Å²) in [5, 5.41) is 11.1. The fourth-order valence-electron chi connectivity index (χ4n) is 5.89. The van der Waals surface area contributed by atoms with E-state index in [1.165, 1.54) is 6.92 Å². The Morgan fingerprint density at radius 2 is 2.07 bits per heavy atom. The Hall–Kier alpha value is -1.44. The molecule has 7 nitrogen and oxygen atoms in total. The predicted molar refractivity (Wildman–Crippen MR) is 103 cm³/mol. The van der Waals surface area contributed by atoms with E-state index in [2.05, 4.69) is 0 Å². The molecule has 0 aromatic carbocycles. The number of aliphatic hydroxyl groups excluding tert-OH is 1. The Morgan fingerprint density at radius 3 is 2.66 bits per heavy atom. The molecule has 2 aliphatic carbocycles. The van der Waals surface area contributed by atoms with E-state index in [0.29, 0.717) is 25.9 Å². The molecule has 3 fully saturated rings. The summed E-state index contributed by atoms with van der Waals surface area (Å²) in [4.78, 5) is 24.1. The van der Waals surface area contributed by atoms with Gasteiger partial charge in [0.2, 0.25) is 0 Å². The molecule has 0 aromatic heterocycles. The summed E-state index contributed by atoms with van der Waals surface area (Å²) in [5.74, 6) is -0.432. The zero-order chi connectivity index (χ0) is 21.2. The standard InChI is InChI=1S/C22H32O7/c1-12(2)6-19(25)28-15-9-21(10-26-14(4)23)17(7-13(15)3)29-18-8-16(24)20(21,5)22(18)11-27-22/h7,12,15-18,24H,6,8-11H2,1-5H3/t15-,16+,17+,18+,20+,21+,22-/m0/s1. The average molecular weight is 408 g/mol. The van der Waals surface area contributed by atoms with Crippen LogP contribution in [0.3, 0.4) is 0 Å². The summed E-state index contributed by atoms with van der Waals surface area (Å²) in [5.41, 5.74) is -1.07. The van der Waals surface area contributed by atoms with Crippen molar-refractivity contribution in [3.63, 3.8) is 0 Å². The van der Waals surface area contributed by atoms with Gasteiger partial charge in [0.05, 0.1) is 24.9 Å². The molecule has 1 spiro atoms. The molecule has 7 heteroatoms. The molecule has 1 N–H and O–H groups in total. The van der Waals surface area contributed by atoms with Crippen LogP contribution in [0.4, 0.5) is 0 Å². The van der Waals surface area contributed by atoms with Gasteiger partial charge in [-0.2, -0.15) is 0 Å². The van der Waals surface area contributed by atoms with Gasteiger partial charge >= 0.3 is 11.9 Å². The zero-order valence-corrected chi connectivity index (χ0v) is 17.9. The van der Waals surface area contributed by atoms with E-state index in [-0.39, 0.29) is 36.7 Å². The van der Waals surface area contributed by atoms with Crippen LogP contribution in [0.15, 0.2) is 11.6 Å². The minimum absolute atomic E-state index is 0.0837. The first-order chi connectivity index (χ1) is 13.6. The Morgan fingerprint density at radius 1 is 1.38 bits per heavy atom. The monoisotopic (exact) mass is 408 g/mol. The molecule has 0 radical (unpaired) electrons. The molecule has 29 heavy (non-hydrogen) atoms. The molecule has 162 valence electrons. The molecule has 4 aliphatic rings. The summed E-state index contributed by atoms with van der Waals surface area (Å²) >= 11 is 0. The maximum atomic E-state index is 12.4. The summed E-state index contributed by atoms with van der Waals surface area (Å²) in [6.07, 6.45) is 1.59. The first-order valence-corrected chi connectivity index (χ1v) is 10.5. The molecule has 0 aromatic rings. The van der Waals surface area contributed by atoms with Crippen molar-refractivity contribution in [2.24, 2.45) is 16.7 Å². The summed E-state index contributed by atoms with van der Waals surface area (Å²) in [7, 11) is 0. The van der Waals surface area contributed by atoms with Gasteiger partial charge in [0, 0.05) is 37.0 Å². The quantitative estimate of drug-likeness (QED) is 0.423. The van der Waals surface area contributed by atoms with Gasteiger partial charge in [-0.3, -0.25) is 9.59 Å². The Kier molecular flexibility index (Phi) is 4.87. The maximum Gasteiger partial charge on any atom is 0.306 e. The topological polar surface area (TPSA) is 94.6 Å². The van der Waals surface area contributed by atoms with E-state index >= 15 is 0 Å². The number of rotatable bonds is 5. The summed E-state index contributed by atoms with van der Waals surface area (Å²) in [6, 6.07) is 0. The Labute approximate surface area is 171 Å². The predicted octanol–water partition coefficient (Wildman–Crippen LogP) is 2.15. The number of carbonyl (C=O) groups is 2. The highest BCUT2D eigenvalue weighted by atomic mass is 16.6. The third-order valence-electron chi connectivity index (χ3n) is 7.70. The van der Waals surface area contributed by atoms with E-state index < -0.39 is 28.6 Å². The lowest BCUT2D eigenvalue weighted by atomic mass is 9.51. The Balaban J connectivity index is 1.72. The van der Waals surface area contributed by atoms with Crippen LogP contribution in [0.2, 0.25) is 0 Å². The smallest absolute Gasteiger partial charge is 0.306 e. The van der Waals surface area contributed by atoms with Crippen LogP contribution >= 0.6 is 0 Å². The van der Waals surface area contributed by atoms with Crippen molar-refractivity contribution in [1.82, 2.24) is 0 Å². The zero-order valence-electron chi connectivity index (χ0n) is 17.9. The Bertz CT molecular complexity index is 739. The third-order valence-corrected chi connectivity index (χ3v) is 7.70. The van der Waals surface area contributed by atoms with Crippen LogP contribution in [0.1, 0.15) is 53.9 Å². The normalized spacial score (nSPS) is 45.0. The molecule has 0 unspecified atom stereocenters. The van der Waals surface area contributed by atoms with Gasteiger partial charge in [-0.05, 0) is 18.4 Å². The van der Waals surface area contributed by atoms with Gasteiger partial charge in [-0.25, -0.2) is 0 Å². The largest absolute Gasteiger partial charge is 0.465 e. The highest BCUT2D eigenvalue weighted by Crippen LogP contribution is 2.71. The second-order valence-corrected chi connectivity index (χ2v) is 9.81. The van der Waals surface area contributed by atoms with Gasteiger partial charge in [0.1, 0.15) is 18.3 Å². The van der Waals surface area contributed by atoms with Crippen molar-refractivity contribution < 1.29 is 33.6 Å². The summed E-state index contributed by atoms with van der Waals surface area (Å²) < 4.78 is 23.7.